The number of sulfone groups is 1. The highest BCUT2D eigenvalue weighted by Crippen LogP contribution is 2.08. The van der Waals surface area contributed by atoms with Crippen LogP contribution in [0.25, 0.3) is 0 Å². The van der Waals surface area contributed by atoms with E-state index in [0.717, 1.165) is 4.47 Å². The van der Waals surface area contributed by atoms with Gasteiger partial charge in [-0.3, -0.25) is 4.79 Å². The van der Waals surface area contributed by atoms with Crippen LogP contribution in [0.4, 0.5) is 0 Å². The molecule has 16 heavy (non-hydrogen) atoms. The lowest BCUT2D eigenvalue weighted by atomic mass is 10.3. The fourth-order valence-electron chi connectivity index (χ4n) is 1.40. The summed E-state index contributed by atoms with van der Waals surface area (Å²) in [5.74, 6) is 0.102. The van der Waals surface area contributed by atoms with Crippen molar-refractivity contribution in [3.8, 4) is 0 Å². The van der Waals surface area contributed by atoms with Gasteiger partial charge in [-0.15, -0.1) is 0 Å². The first-order valence-electron chi connectivity index (χ1n) is 4.84. The van der Waals surface area contributed by atoms with E-state index in [9.17, 15) is 13.2 Å². The van der Waals surface area contributed by atoms with Crippen molar-refractivity contribution in [3.63, 3.8) is 0 Å². The van der Waals surface area contributed by atoms with Crippen molar-refractivity contribution in [2.75, 3.05) is 12.0 Å². The van der Waals surface area contributed by atoms with Gasteiger partial charge >= 0.3 is 0 Å². The van der Waals surface area contributed by atoms with E-state index in [-0.39, 0.29) is 11.3 Å². The fourth-order valence-corrected chi connectivity index (χ4v) is 2.65. The van der Waals surface area contributed by atoms with E-state index in [4.69, 9.17) is 0 Å². The zero-order chi connectivity index (χ0) is 12.3. The molecule has 0 N–H and O–H groups in total. The molecule has 0 fully saturated rings. The van der Waals surface area contributed by atoms with Crippen molar-refractivity contribution in [3.05, 3.63) is 32.7 Å². The van der Waals surface area contributed by atoms with E-state index in [2.05, 4.69) is 15.9 Å². The molecule has 90 valence electrons. The smallest absolute Gasteiger partial charge is 0.253 e. The summed E-state index contributed by atoms with van der Waals surface area (Å²) in [5, 5.41) is 0. The molecule has 0 saturated carbocycles. The van der Waals surface area contributed by atoms with Crippen LogP contribution in [0.15, 0.2) is 21.5 Å². The predicted molar refractivity (Wildman–Crippen MR) is 67.5 cm³/mol. The molecule has 0 radical (unpaired) electrons. The predicted octanol–water partition coefficient (Wildman–Crippen LogP) is 1.35. The van der Waals surface area contributed by atoms with Gasteiger partial charge in [0, 0.05) is 29.0 Å². The molecule has 0 unspecified atom stereocenters. The van der Waals surface area contributed by atoms with E-state index in [1.165, 1.54) is 10.8 Å². The fraction of sp³-hybridized carbons (Fsp3) is 0.500. The van der Waals surface area contributed by atoms with Crippen molar-refractivity contribution >= 4 is 25.8 Å². The third-order valence-electron chi connectivity index (χ3n) is 2.15. The van der Waals surface area contributed by atoms with Crippen LogP contribution in [0.1, 0.15) is 12.0 Å². The van der Waals surface area contributed by atoms with Gasteiger partial charge in [0.25, 0.3) is 5.56 Å². The van der Waals surface area contributed by atoms with Gasteiger partial charge in [-0.25, -0.2) is 8.42 Å². The summed E-state index contributed by atoms with van der Waals surface area (Å²) in [5.41, 5.74) is 0.574. The molecule has 6 heteroatoms. The molecule has 0 spiro atoms. The largest absolute Gasteiger partial charge is 0.314 e. The molecule has 1 aromatic rings. The molecule has 0 amide bonds. The maximum absolute atomic E-state index is 11.7. The molecule has 1 rings (SSSR count). The lowest BCUT2D eigenvalue weighted by Crippen LogP contribution is -2.22. The lowest BCUT2D eigenvalue weighted by Gasteiger charge is -2.07. The first kappa shape index (κ1) is 13.4. The Bertz CT molecular complexity index is 533. The van der Waals surface area contributed by atoms with Gasteiger partial charge in [0.15, 0.2) is 0 Å². The molecule has 0 bridgehead atoms. The topological polar surface area (TPSA) is 56.1 Å². The van der Waals surface area contributed by atoms with E-state index in [1.54, 1.807) is 19.2 Å². The summed E-state index contributed by atoms with van der Waals surface area (Å²) < 4.78 is 24.2. The second kappa shape index (κ2) is 5.14. The van der Waals surface area contributed by atoms with Crippen LogP contribution in [0.2, 0.25) is 0 Å². The van der Waals surface area contributed by atoms with Crippen LogP contribution in [-0.2, 0) is 16.4 Å². The number of nitrogens with zero attached hydrogens (tertiary/aromatic N) is 1. The van der Waals surface area contributed by atoms with Gasteiger partial charge < -0.3 is 4.57 Å². The van der Waals surface area contributed by atoms with Crippen LogP contribution in [0.5, 0.6) is 0 Å². The lowest BCUT2D eigenvalue weighted by molar-refractivity contribution is 0.588. The molecular formula is C10H14BrNO3S. The van der Waals surface area contributed by atoms with E-state index in [0.29, 0.717) is 18.5 Å². The van der Waals surface area contributed by atoms with Crippen molar-refractivity contribution < 1.29 is 8.42 Å². The Morgan fingerprint density at radius 1 is 1.44 bits per heavy atom. The first-order chi connectivity index (χ1) is 7.29. The van der Waals surface area contributed by atoms with Crippen LogP contribution in [0.3, 0.4) is 0 Å². The molecular weight excluding hydrogens is 294 g/mol. The average molecular weight is 308 g/mol. The third kappa shape index (κ3) is 4.09. The van der Waals surface area contributed by atoms with Gasteiger partial charge in [-0.05, 0) is 35.3 Å². The minimum absolute atomic E-state index is 0.0725. The van der Waals surface area contributed by atoms with Gasteiger partial charge in [0.1, 0.15) is 9.84 Å². The quantitative estimate of drug-likeness (QED) is 0.844. The highest BCUT2D eigenvalue weighted by molar-refractivity contribution is 9.10. The highest BCUT2D eigenvalue weighted by Gasteiger charge is 2.05. The summed E-state index contributed by atoms with van der Waals surface area (Å²) >= 11 is 3.30. The average Bonchev–Trinajstić information content (AvgIpc) is 2.11. The minimum atomic E-state index is -2.95. The van der Waals surface area contributed by atoms with Crippen LogP contribution >= 0.6 is 15.9 Å². The van der Waals surface area contributed by atoms with Crippen molar-refractivity contribution in [1.82, 2.24) is 4.57 Å². The number of hydrogen-bond acceptors (Lipinski definition) is 3. The van der Waals surface area contributed by atoms with Gasteiger partial charge in [-0.1, -0.05) is 0 Å². The van der Waals surface area contributed by atoms with Gasteiger partial charge in [-0.2, -0.15) is 0 Å². The minimum Gasteiger partial charge on any atom is -0.314 e. The van der Waals surface area contributed by atoms with E-state index < -0.39 is 9.84 Å². The first-order valence-corrected chi connectivity index (χ1v) is 7.69. The van der Waals surface area contributed by atoms with Gasteiger partial charge in [0.05, 0.1) is 5.75 Å². The number of rotatable bonds is 4. The Hall–Kier alpha value is -0.620. The summed E-state index contributed by atoms with van der Waals surface area (Å²) in [4.78, 5) is 11.7. The molecule has 0 aliphatic rings. The molecule has 0 atom stereocenters. The molecule has 0 aliphatic heterocycles. The van der Waals surface area contributed by atoms with Crippen molar-refractivity contribution in [1.29, 1.82) is 0 Å². The van der Waals surface area contributed by atoms with E-state index in [1.807, 2.05) is 0 Å². The Labute approximate surface area is 103 Å². The molecule has 1 heterocycles. The number of aromatic nitrogens is 1. The Kier molecular flexibility index (Phi) is 4.32. The molecule has 0 aliphatic carbocycles. The van der Waals surface area contributed by atoms with E-state index >= 15 is 0 Å². The summed E-state index contributed by atoms with van der Waals surface area (Å²) in [6.07, 6.45) is 3.33. The number of pyridine rings is 1. The molecule has 0 saturated heterocycles. The summed E-state index contributed by atoms with van der Waals surface area (Å²) in [6.45, 7) is 2.16. The maximum Gasteiger partial charge on any atom is 0.253 e. The normalized spacial score (nSPS) is 11.7. The SMILES string of the molecule is Cc1cc(Br)cn(CCCS(C)(=O)=O)c1=O. The zero-order valence-corrected chi connectivity index (χ0v) is 11.6. The van der Waals surface area contributed by atoms with Crippen LogP contribution in [-0.4, -0.2) is 25.0 Å². The monoisotopic (exact) mass is 307 g/mol. The third-order valence-corrected chi connectivity index (χ3v) is 3.61. The molecule has 4 nitrogen and oxygen atoms in total. The van der Waals surface area contributed by atoms with Crippen molar-refractivity contribution in [2.45, 2.75) is 19.9 Å². The second-order valence-electron chi connectivity index (χ2n) is 3.82. The second-order valence-corrected chi connectivity index (χ2v) is 7.00. The highest BCUT2D eigenvalue weighted by atomic mass is 79.9. The van der Waals surface area contributed by atoms with Crippen LogP contribution in [0, 0.1) is 6.92 Å². The summed E-state index contributed by atoms with van der Waals surface area (Å²) in [6, 6.07) is 1.75. The van der Waals surface area contributed by atoms with Crippen molar-refractivity contribution in [2.24, 2.45) is 0 Å². The maximum atomic E-state index is 11.7. The number of hydrogen-bond donors (Lipinski definition) is 0. The summed E-state index contributed by atoms with van der Waals surface area (Å²) in [7, 11) is -2.95. The van der Waals surface area contributed by atoms with Gasteiger partial charge in [0.2, 0.25) is 0 Å². The zero-order valence-electron chi connectivity index (χ0n) is 9.23. The molecule has 0 aromatic carbocycles. The molecule has 1 aromatic heterocycles. The standard InChI is InChI=1S/C10H14BrNO3S/c1-8-6-9(11)7-12(10(8)13)4-3-5-16(2,14)15/h6-7H,3-5H2,1-2H3. The Morgan fingerprint density at radius 2 is 2.06 bits per heavy atom. The number of aryl methyl sites for hydroxylation is 2. The number of halogens is 1. The van der Waals surface area contributed by atoms with Crippen LogP contribution < -0.4 is 5.56 Å². The Balaban J connectivity index is 2.79. The Morgan fingerprint density at radius 3 is 2.62 bits per heavy atom.